The van der Waals surface area contributed by atoms with Crippen molar-refractivity contribution in [2.24, 2.45) is 0 Å². The highest BCUT2D eigenvalue weighted by atomic mass is 16.4. The molecular weight excluding hydrogens is 120 g/mol. The van der Waals surface area contributed by atoms with Crippen LogP contribution >= 0.6 is 0 Å². The third-order valence-corrected chi connectivity index (χ3v) is 0.891. The summed E-state index contributed by atoms with van der Waals surface area (Å²) in [4.78, 5) is 10.0. The molecule has 48 valence electrons. The summed E-state index contributed by atoms with van der Waals surface area (Å²) in [5.41, 5.74) is 0.558. The number of nitrogens with one attached hydrogen (secondary N) is 1. The Balaban J connectivity index is 2.58. The van der Waals surface area contributed by atoms with Gasteiger partial charge in [0.05, 0.1) is 12.1 Å². The standard InChI is InChI=1S/C5H6N2O2/c8-5(9)3-4-1-2-6-7-4/h1-2H,3H2,(H,6,7)(H,8,9). The molecule has 0 atom stereocenters. The van der Waals surface area contributed by atoms with E-state index in [4.69, 9.17) is 5.11 Å². The van der Waals surface area contributed by atoms with Crippen LogP contribution in [0.2, 0.25) is 0 Å². The first-order valence-electron chi connectivity index (χ1n) is 2.49. The average molecular weight is 126 g/mol. The van der Waals surface area contributed by atoms with E-state index < -0.39 is 5.97 Å². The number of carbonyl (C=O) groups is 1. The Morgan fingerprint density at radius 2 is 2.67 bits per heavy atom. The third kappa shape index (κ3) is 1.56. The predicted molar refractivity (Wildman–Crippen MR) is 29.9 cm³/mol. The second-order valence-corrected chi connectivity index (χ2v) is 1.64. The summed E-state index contributed by atoms with van der Waals surface area (Å²) in [7, 11) is 0. The minimum atomic E-state index is -0.859. The van der Waals surface area contributed by atoms with Crippen LogP contribution in [0.3, 0.4) is 0 Å². The lowest BCUT2D eigenvalue weighted by atomic mass is 10.3. The number of aliphatic carboxylic acids is 1. The Hall–Kier alpha value is -1.32. The molecule has 0 saturated heterocycles. The van der Waals surface area contributed by atoms with E-state index in [1.54, 1.807) is 12.3 Å². The summed E-state index contributed by atoms with van der Waals surface area (Å²) in [5.74, 6) is -0.859. The lowest BCUT2D eigenvalue weighted by Crippen LogP contribution is -1.99. The summed E-state index contributed by atoms with van der Waals surface area (Å²) in [6.45, 7) is 0. The summed E-state index contributed by atoms with van der Waals surface area (Å²) in [5, 5.41) is 14.4. The van der Waals surface area contributed by atoms with Crippen LogP contribution in [0.15, 0.2) is 12.3 Å². The second-order valence-electron chi connectivity index (χ2n) is 1.64. The van der Waals surface area contributed by atoms with Crippen molar-refractivity contribution in [1.82, 2.24) is 10.2 Å². The van der Waals surface area contributed by atoms with Gasteiger partial charge >= 0.3 is 5.97 Å². The Morgan fingerprint density at radius 3 is 3.11 bits per heavy atom. The van der Waals surface area contributed by atoms with Crippen molar-refractivity contribution >= 4 is 5.97 Å². The monoisotopic (exact) mass is 126 g/mol. The fourth-order valence-electron chi connectivity index (χ4n) is 0.544. The zero-order valence-electron chi connectivity index (χ0n) is 4.66. The third-order valence-electron chi connectivity index (χ3n) is 0.891. The van der Waals surface area contributed by atoms with Crippen molar-refractivity contribution in [2.45, 2.75) is 6.42 Å². The normalized spacial score (nSPS) is 9.33. The van der Waals surface area contributed by atoms with Crippen LogP contribution in [0.4, 0.5) is 0 Å². The maximum absolute atomic E-state index is 10.0. The molecule has 1 aromatic rings. The van der Waals surface area contributed by atoms with E-state index in [2.05, 4.69) is 10.2 Å². The predicted octanol–water partition coefficient (Wildman–Crippen LogP) is 0.0368. The van der Waals surface area contributed by atoms with Gasteiger partial charge in [-0.1, -0.05) is 0 Å². The highest BCUT2D eigenvalue weighted by Gasteiger charge is 1.99. The summed E-state index contributed by atoms with van der Waals surface area (Å²) >= 11 is 0. The first-order valence-corrected chi connectivity index (χ1v) is 2.49. The van der Waals surface area contributed by atoms with Crippen molar-refractivity contribution < 1.29 is 9.90 Å². The molecule has 0 saturated carbocycles. The maximum atomic E-state index is 10.0. The molecule has 9 heavy (non-hydrogen) atoms. The minimum absolute atomic E-state index is 0.0104. The van der Waals surface area contributed by atoms with Gasteiger partial charge in [-0.3, -0.25) is 9.89 Å². The Bertz CT molecular complexity index is 193. The van der Waals surface area contributed by atoms with Crippen LogP contribution in [-0.2, 0) is 11.2 Å². The number of aromatic amines is 1. The average Bonchev–Trinajstić information content (AvgIpc) is 2.15. The quantitative estimate of drug-likeness (QED) is 0.587. The lowest BCUT2D eigenvalue weighted by molar-refractivity contribution is -0.136. The van der Waals surface area contributed by atoms with Crippen LogP contribution in [0.25, 0.3) is 0 Å². The highest BCUT2D eigenvalue weighted by molar-refractivity contribution is 5.69. The van der Waals surface area contributed by atoms with E-state index in [1.165, 1.54) is 0 Å². The molecule has 4 heteroatoms. The van der Waals surface area contributed by atoms with E-state index in [0.717, 1.165) is 0 Å². The number of nitrogens with zero attached hydrogens (tertiary/aromatic N) is 1. The van der Waals surface area contributed by atoms with Crippen LogP contribution in [0, 0.1) is 0 Å². The molecule has 0 fully saturated rings. The fraction of sp³-hybridized carbons (Fsp3) is 0.200. The first-order chi connectivity index (χ1) is 4.29. The molecule has 1 aromatic heterocycles. The maximum Gasteiger partial charge on any atom is 0.309 e. The largest absolute Gasteiger partial charge is 0.481 e. The van der Waals surface area contributed by atoms with Gasteiger partial charge < -0.3 is 5.11 Å². The molecule has 4 nitrogen and oxygen atoms in total. The highest BCUT2D eigenvalue weighted by Crippen LogP contribution is 1.91. The van der Waals surface area contributed by atoms with Crippen LogP contribution in [0.5, 0.6) is 0 Å². The zero-order chi connectivity index (χ0) is 6.69. The molecule has 0 aliphatic carbocycles. The van der Waals surface area contributed by atoms with Crippen molar-refractivity contribution in [3.05, 3.63) is 18.0 Å². The topological polar surface area (TPSA) is 66.0 Å². The molecule has 2 N–H and O–H groups in total. The number of hydrogen-bond donors (Lipinski definition) is 2. The van der Waals surface area contributed by atoms with Crippen molar-refractivity contribution in [3.8, 4) is 0 Å². The Kier molecular flexibility index (Phi) is 1.48. The molecule has 1 heterocycles. The number of carboxylic acids is 1. The van der Waals surface area contributed by atoms with Crippen LogP contribution < -0.4 is 0 Å². The zero-order valence-corrected chi connectivity index (χ0v) is 4.66. The minimum Gasteiger partial charge on any atom is -0.481 e. The van der Waals surface area contributed by atoms with Gasteiger partial charge in [-0.25, -0.2) is 0 Å². The lowest BCUT2D eigenvalue weighted by Gasteiger charge is -1.83. The number of hydrogen-bond acceptors (Lipinski definition) is 2. The smallest absolute Gasteiger partial charge is 0.309 e. The van der Waals surface area contributed by atoms with Crippen molar-refractivity contribution in [1.29, 1.82) is 0 Å². The number of aromatic nitrogens is 2. The van der Waals surface area contributed by atoms with E-state index in [-0.39, 0.29) is 6.42 Å². The van der Waals surface area contributed by atoms with Gasteiger partial charge in [-0.15, -0.1) is 0 Å². The van der Waals surface area contributed by atoms with E-state index in [9.17, 15) is 4.79 Å². The summed E-state index contributed by atoms with van der Waals surface area (Å²) in [6, 6.07) is 1.63. The number of H-pyrrole nitrogens is 1. The summed E-state index contributed by atoms with van der Waals surface area (Å²) < 4.78 is 0. The Labute approximate surface area is 51.5 Å². The number of rotatable bonds is 2. The second kappa shape index (κ2) is 2.30. The molecule has 0 amide bonds. The molecule has 0 unspecified atom stereocenters. The van der Waals surface area contributed by atoms with Crippen molar-refractivity contribution in [3.63, 3.8) is 0 Å². The number of carboxylic acid groups (broad SMARTS) is 1. The molecule has 0 spiro atoms. The molecule has 0 aliphatic heterocycles. The van der Waals surface area contributed by atoms with Gasteiger partial charge in [0.15, 0.2) is 0 Å². The molecule has 0 bridgehead atoms. The van der Waals surface area contributed by atoms with E-state index in [1.807, 2.05) is 0 Å². The molecular formula is C5H6N2O2. The van der Waals surface area contributed by atoms with Crippen LogP contribution in [0.1, 0.15) is 5.69 Å². The van der Waals surface area contributed by atoms with Crippen LogP contribution in [-0.4, -0.2) is 21.3 Å². The molecule has 0 radical (unpaired) electrons. The van der Waals surface area contributed by atoms with Gasteiger partial charge in [0, 0.05) is 6.20 Å². The van der Waals surface area contributed by atoms with E-state index in [0.29, 0.717) is 5.69 Å². The summed E-state index contributed by atoms with van der Waals surface area (Å²) in [6.07, 6.45) is 1.59. The van der Waals surface area contributed by atoms with Gasteiger partial charge in [0.25, 0.3) is 0 Å². The first kappa shape index (κ1) is 5.81. The molecule has 1 rings (SSSR count). The molecule has 0 aliphatic rings. The van der Waals surface area contributed by atoms with Gasteiger partial charge in [-0.2, -0.15) is 5.10 Å². The van der Waals surface area contributed by atoms with Gasteiger partial charge in [0.1, 0.15) is 0 Å². The van der Waals surface area contributed by atoms with Gasteiger partial charge in [0.2, 0.25) is 0 Å². The molecule has 0 aromatic carbocycles. The Morgan fingerprint density at radius 1 is 1.89 bits per heavy atom. The fourth-order valence-corrected chi connectivity index (χ4v) is 0.544. The van der Waals surface area contributed by atoms with Crippen molar-refractivity contribution in [2.75, 3.05) is 0 Å². The SMILES string of the molecule is O=C(O)Cc1cc[nH]n1. The van der Waals surface area contributed by atoms with E-state index >= 15 is 0 Å². The van der Waals surface area contributed by atoms with Gasteiger partial charge in [-0.05, 0) is 6.07 Å².